The number of anilines is 1. The van der Waals surface area contributed by atoms with Crippen molar-refractivity contribution < 1.29 is 7.65 Å². The van der Waals surface area contributed by atoms with E-state index in [4.69, 9.17) is 0 Å². The summed E-state index contributed by atoms with van der Waals surface area (Å²) >= 11 is 0. The van der Waals surface area contributed by atoms with Gasteiger partial charge in [0.15, 0.2) is 0 Å². The molecule has 1 aromatic rings. The summed E-state index contributed by atoms with van der Waals surface area (Å²) in [5.41, 5.74) is 0. The highest BCUT2D eigenvalue weighted by molar-refractivity contribution is 5.65. The van der Waals surface area contributed by atoms with Crippen molar-refractivity contribution in [1.29, 1.82) is 0 Å². The van der Waals surface area contributed by atoms with Crippen LogP contribution in [0, 0.1) is 0 Å². The van der Waals surface area contributed by atoms with Gasteiger partial charge in [-0.2, -0.15) is 5.21 Å². The zero-order valence-corrected chi connectivity index (χ0v) is 7.83. The number of hydrogen-bond donors (Lipinski definition) is 2. The number of nitrogens with zero attached hydrogens (tertiary/aromatic N) is 3. The average molecular weight is 177 g/mol. The molecule has 0 aromatic carbocycles. The highest BCUT2D eigenvalue weighted by atomic mass is 16.1. The number of carbonyl (C=O) groups is 1. The minimum Gasteiger partial charge on any atom is -0.295 e. The monoisotopic (exact) mass is 177 g/mol. The fourth-order valence-electron chi connectivity index (χ4n) is 0.276. The Balaban J connectivity index is -0.0000000750. The highest BCUT2D eigenvalue weighted by Crippen LogP contribution is 1.83. The van der Waals surface area contributed by atoms with Crippen molar-refractivity contribution in [2.45, 2.75) is 27.7 Å². The van der Waals surface area contributed by atoms with Crippen LogP contribution in [0.25, 0.3) is 0 Å². The van der Waals surface area contributed by atoms with Gasteiger partial charge in [-0.05, 0) is 5.21 Å². The lowest BCUT2D eigenvalue weighted by atomic mass is 11.0. The Morgan fingerprint density at radius 3 is 2.33 bits per heavy atom. The van der Waals surface area contributed by atoms with Gasteiger partial charge in [0.2, 0.25) is 6.41 Å². The third-order valence-corrected chi connectivity index (χ3v) is 0.533. The first-order chi connectivity index (χ1) is 5.93. The first-order valence-corrected chi connectivity index (χ1v) is 3.87. The Morgan fingerprint density at radius 1 is 1.42 bits per heavy atom. The summed E-state index contributed by atoms with van der Waals surface area (Å²) in [6, 6.07) is 0. The summed E-state index contributed by atoms with van der Waals surface area (Å²) < 4.78 is 0. The number of aromatic nitrogens is 4. The molecule has 1 heterocycles. The fourth-order valence-corrected chi connectivity index (χ4v) is 0.276. The van der Waals surface area contributed by atoms with Crippen LogP contribution in [0.5, 0.6) is 0 Å². The summed E-state index contributed by atoms with van der Waals surface area (Å²) in [6.45, 7) is 8.00. The maximum absolute atomic E-state index is 9.64. The molecule has 0 atom stereocenters. The number of rotatable bonds is 2. The summed E-state index contributed by atoms with van der Waals surface area (Å²) in [4.78, 5) is 9.64. The van der Waals surface area contributed by atoms with Gasteiger partial charge in [-0.15, -0.1) is 5.10 Å². The predicted molar refractivity (Wildman–Crippen MR) is 50.8 cm³/mol. The minimum absolute atomic E-state index is 0. The summed E-state index contributed by atoms with van der Waals surface area (Å²) in [6.07, 6.45) is 0.477. The van der Waals surface area contributed by atoms with Crippen molar-refractivity contribution in [1.82, 2.24) is 20.6 Å². The predicted octanol–water partition coefficient (Wildman–Crippen LogP) is 1.31. The zero-order valence-electron chi connectivity index (χ0n) is 7.83. The van der Waals surface area contributed by atoms with Gasteiger partial charge in [-0.25, -0.2) is 0 Å². The van der Waals surface area contributed by atoms with Crippen LogP contribution >= 0.6 is 0 Å². The largest absolute Gasteiger partial charge is 0.295 e. The zero-order chi connectivity index (χ0) is 9.82. The standard InChI is InChI=1S/C2H3N5O.2C2H6.2H2/c8-1-3-2-4-6-7-5-2;2*1-2;;/h1H,(H2,3,4,5,6,7,8);2*1-2H3;2*1H. The van der Waals surface area contributed by atoms with Crippen LogP contribution in [-0.2, 0) is 4.79 Å². The molecule has 1 rings (SSSR count). The van der Waals surface area contributed by atoms with Crippen LogP contribution in [0.2, 0.25) is 0 Å². The third-order valence-electron chi connectivity index (χ3n) is 0.533. The van der Waals surface area contributed by atoms with Gasteiger partial charge >= 0.3 is 0 Å². The Hall–Kier alpha value is -1.46. The Bertz CT molecular complexity index is 171. The number of carbonyl (C=O) groups excluding carboxylic acids is 1. The number of H-pyrrole nitrogens is 1. The van der Waals surface area contributed by atoms with Gasteiger partial charge in [-0.3, -0.25) is 10.1 Å². The van der Waals surface area contributed by atoms with Gasteiger partial charge in [0.25, 0.3) is 5.95 Å². The number of aromatic amines is 1. The lowest BCUT2D eigenvalue weighted by molar-refractivity contribution is -0.105. The minimum atomic E-state index is 0. The normalized spacial score (nSPS) is 6.67. The lowest BCUT2D eigenvalue weighted by Gasteiger charge is -1.79. The molecule has 6 heteroatoms. The molecule has 6 nitrogen and oxygen atoms in total. The second kappa shape index (κ2) is 12.2. The molecule has 0 fully saturated rings. The van der Waals surface area contributed by atoms with E-state index in [0.29, 0.717) is 6.41 Å². The molecular weight excluding hydrogens is 158 g/mol. The van der Waals surface area contributed by atoms with Crippen molar-refractivity contribution >= 4 is 12.4 Å². The summed E-state index contributed by atoms with van der Waals surface area (Å²) in [5, 5.41) is 14.4. The molecule has 0 saturated heterocycles. The van der Waals surface area contributed by atoms with Gasteiger partial charge < -0.3 is 0 Å². The van der Waals surface area contributed by atoms with Crippen molar-refractivity contribution in [2.75, 3.05) is 5.32 Å². The maximum Gasteiger partial charge on any atom is 0.269 e. The second-order valence-corrected chi connectivity index (χ2v) is 0.998. The molecule has 0 bridgehead atoms. The van der Waals surface area contributed by atoms with Crippen LogP contribution < -0.4 is 5.32 Å². The average Bonchev–Trinajstić information content (AvgIpc) is 2.65. The van der Waals surface area contributed by atoms with Crippen LogP contribution in [0.4, 0.5) is 5.95 Å². The van der Waals surface area contributed by atoms with E-state index in [1.54, 1.807) is 0 Å². The van der Waals surface area contributed by atoms with E-state index in [9.17, 15) is 4.79 Å². The number of nitrogens with one attached hydrogen (secondary N) is 2. The van der Waals surface area contributed by atoms with E-state index in [-0.39, 0.29) is 8.80 Å². The topological polar surface area (TPSA) is 83.6 Å². The summed E-state index contributed by atoms with van der Waals surface area (Å²) in [7, 11) is 0. The Morgan fingerprint density at radius 2 is 2.00 bits per heavy atom. The molecule has 0 saturated carbocycles. The molecule has 0 spiro atoms. The second-order valence-electron chi connectivity index (χ2n) is 0.998. The first-order valence-electron chi connectivity index (χ1n) is 3.87. The molecule has 0 aliphatic heterocycles. The van der Waals surface area contributed by atoms with E-state index >= 15 is 0 Å². The molecular formula is C6H19N5O. The molecule has 0 aliphatic carbocycles. The highest BCUT2D eigenvalue weighted by Gasteiger charge is 1.89. The molecule has 12 heavy (non-hydrogen) atoms. The molecule has 0 aliphatic rings. The van der Waals surface area contributed by atoms with Crippen LogP contribution in [-0.4, -0.2) is 27.0 Å². The van der Waals surface area contributed by atoms with Crippen molar-refractivity contribution in [3.8, 4) is 0 Å². The SMILES string of the molecule is CC.CC.O=CNc1nn[nH]n1.[HH].[HH]. The first kappa shape index (κ1) is 13.2. The molecule has 0 unspecified atom stereocenters. The van der Waals surface area contributed by atoms with Crippen LogP contribution in [0.3, 0.4) is 0 Å². The van der Waals surface area contributed by atoms with Crippen molar-refractivity contribution in [3.63, 3.8) is 0 Å². The Kier molecular flexibility index (Phi) is 13.4. The maximum atomic E-state index is 9.64. The van der Waals surface area contributed by atoms with Crippen molar-refractivity contribution in [3.05, 3.63) is 0 Å². The molecule has 1 aromatic heterocycles. The quantitative estimate of drug-likeness (QED) is 0.667. The van der Waals surface area contributed by atoms with E-state index in [0.717, 1.165) is 0 Å². The van der Waals surface area contributed by atoms with E-state index < -0.39 is 0 Å². The van der Waals surface area contributed by atoms with Crippen LogP contribution in [0.1, 0.15) is 30.5 Å². The van der Waals surface area contributed by atoms with Gasteiger partial charge in [0, 0.05) is 2.85 Å². The number of amides is 1. The fraction of sp³-hybridized carbons (Fsp3) is 0.667. The lowest BCUT2D eigenvalue weighted by Crippen LogP contribution is -1.94. The van der Waals surface area contributed by atoms with Crippen LogP contribution in [0.15, 0.2) is 0 Å². The van der Waals surface area contributed by atoms with Gasteiger partial charge in [0.05, 0.1) is 0 Å². The molecule has 1 amide bonds. The van der Waals surface area contributed by atoms with Gasteiger partial charge in [0.1, 0.15) is 0 Å². The van der Waals surface area contributed by atoms with Crippen molar-refractivity contribution in [2.24, 2.45) is 0 Å². The molecule has 0 radical (unpaired) electrons. The number of hydrogen-bond acceptors (Lipinski definition) is 4. The van der Waals surface area contributed by atoms with Gasteiger partial charge in [-0.1, -0.05) is 32.8 Å². The van der Waals surface area contributed by atoms with E-state index in [1.807, 2.05) is 27.7 Å². The Labute approximate surface area is 74.7 Å². The molecule has 74 valence electrons. The summed E-state index contributed by atoms with van der Waals surface area (Å²) in [5.74, 6) is 0.181. The van der Waals surface area contributed by atoms with E-state index in [2.05, 4.69) is 25.9 Å². The smallest absolute Gasteiger partial charge is 0.269 e. The number of tetrazole rings is 1. The third kappa shape index (κ3) is 6.66. The molecule has 2 N–H and O–H groups in total. The van der Waals surface area contributed by atoms with E-state index in [1.165, 1.54) is 0 Å².